The first-order valence-electron chi connectivity index (χ1n) is 9.33. The van der Waals surface area contributed by atoms with Crippen LogP contribution in [0, 0.1) is 5.92 Å². The van der Waals surface area contributed by atoms with Gasteiger partial charge in [0.25, 0.3) is 0 Å². The molecule has 1 fully saturated rings. The molecule has 0 aromatic heterocycles. The number of nitrogens with one attached hydrogen (secondary N) is 2. The van der Waals surface area contributed by atoms with Gasteiger partial charge >= 0.3 is 0 Å². The van der Waals surface area contributed by atoms with Gasteiger partial charge in [0.1, 0.15) is 6.10 Å². The van der Waals surface area contributed by atoms with Crippen molar-refractivity contribution in [3.8, 4) is 0 Å². The molecular weight excluding hydrogens is 348 g/mol. The van der Waals surface area contributed by atoms with Crippen molar-refractivity contribution in [1.29, 1.82) is 0 Å². The van der Waals surface area contributed by atoms with Crippen molar-refractivity contribution in [2.24, 2.45) is 5.92 Å². The minimum atomic E-state index is -0.576. The van der Waals surface area contributed by atoms with E-state index in [0.717, 1.165) is 5.69 Å². The molecule has 0 bridgehead atoms. The van der Waals surface area contributed by atoms with Crippen LogP contribution in [0.3, 0.4) is 0 Å². The largest absolute Gasteiger partial charge is 0.394 e. The topological polar surface area (TPSA) is 96.9 Å². The van der Waals surface area contributed by atoms with Crippen LogP contribution in [0.5, 0.6) is 0 Å². The van der Waals surface area contributed by atoms with Gasteiger partial charge in [0, 0.05) is 24.8 Å². The van der Waals surface area contributed by atoms with Crippen LogP contribution in [0.25, 0.3) is 0 Å². The van der Waals surface area contributed by atoms with Crippen LogP contribution in [0.4, 0.5) is 5.69 Å². The summed E-state index contributed by atoms with van der Waals surface area (Å²) in [5.41, 5.74) is 0.725. The van der Waals surface area contributed by atoms with Gasteiger partial charge < -0.3 is 25.2 Å². The number of hydrogen-bond acceptors (Lipinski definition) is 5. The van der Waals surface area contributed by atoms with Crippen molar-refractivity contribution in [3.05, 3.63) is 42.5 Å². The number of aliphatic hydroxyl groups excluding tert-OH is 1. The average molecular weight is 374 g/mol. The van der Waals surface area contributed by atoms with Crippen molar-refractivity contribution in [2.45, 2.75) is 37.5 Å². The second-order valence-corrected chi connectivity index (χ2v) is 6.82. The van der Waals surface area contributed by atoms with Gasteiger partial charge in [-0.05, 0) is 25.0 Å². The van der Waals surface area contributed by atoms with E-state index in [9.17, 15) is 14.7 Å². The van der Waals surface area contributed by atoms with E-state index in [2.05, 4.69) is 10.6 Å². The first kappa shape index (κ1) is 19.5. The molecule has 0 radical (unpaired) electrons. The molecule has 2 aliphatic rings. The summed E-state index contributed by atoms with van der Waals surface area (Å²) in [5, 5.41) is 15.4. The van der Waals surface area contributed by atoms with Gasteiger partial charge in [-0.2, -0.15) is 0 Å². The third-order valence-corrected chi connectivity index (χ3v) is 4.81. The molecule has 0 unspecified atom stereocenters. The number of carbonyl (C=O) groups is 2. The molecule has 0 saturated carbocycles. The van der Waals surface area contributed by atoms with Gasteiger partial charge in [0.2, 0.25) is 11.8 Å². The summed E-state index contributed by atoms with van der Waals surface area (Å²) in [6.07, 6.45) is 4.11. The molecule has 0 aliphatic carbocycles. The molecule has 0 spiro atoms. The molecule has 2 heterocycles. The Kier molecular flexibility index (Phi) is 6.98. The number of anilines is 1. The zero-order valence-electron chi connectivity index (χ0n) is 15.2. The second kappa shape index (κ2) is 9.64. The molecule has 146 valence electrons. The lowest BCUT2D eigenvalue weighted by atomic mass is 9.97. The highest BCUT2D eigenvalue weighted by Crippen LogP contribution is 2.19. The van der Waals surface area contributed by atoms with E-state index < -0.39 is 18.2 Å². The lowest BCUT2D eigenvalue weighted by Crippen LogP contribution is -2.50. The van der Waals surface area contributed by atoms with E-state index in [1.54, 1.807) is 6.08 Å². The number of para-hydroxylation sites is 1. The lowest BCUT2D eigenvalue weighted by Gasteiger charge is -2.33. The summed E-state index contributed by atoms with van der Waals surface area (Å²) in [6, 6.07) is 8.80. The third kappa shape index (κ3) is 5.63. The van der Waals surface area contributed by atoms with Crippen LogP contribution < -0.4 is 10.6 Å². The van der Waals surface area contributed by atoms with E-state index in [1.807, 2.05) is 36.4 Å². The van der Waals surface area contributed by atoms with Crippen LogP contribution in [-0.2, 0) is 19.1 Å². The Bertz CT molecular complexity index is 658. The molecule has 3 N–H and O–H groups in total. The van der Waals surface area contributed by atoms with E-state index in [1.165, 1.54) is 0 Å². The molecule has 1 saturated heterocycles. The predicted octanol–water partition coefficient (Wildman–Crippen LogP) is 1.24. The fourth-order valence-corrected chi connectivity index (χ4v) is 3.29. The zero-order chi connectivity index (χ0) is 19.1. The Balaban J connectivity index is 1.52. The highest BCUT2D eigenvalue weighted by atomic mass is 16.5. The van der Waals surface area contributed by atoms with Crippen LogP contribution in [0.2, 0.25) is 0 Å². The minimum absolute atomic E-state index is 0.0460. The van der Waals surface area contributed by atoms with Crippen LogP contribution in [0.15, 0.2) is 42.5 Å². The maximum Gasteiger partial charge on any atom is 0.227 e. The van der Waals surface area contributed by atoms with Gasteiger partial charge in [0.05, 0.1) is 25.2 Å². The fourth-order valence-electron chi connectivity index (χ4n) is 3.29. The third-order valence-electron chi connectivity index (χ3n) is 4.81. The van der Waals surface area contributed by atoms with Crippen molar-refractivity contribution in [1.82, 2.24) is 5.32 Å². The van der Waals surface area contributed by atoms with Gasteiger partial charge in [-0.1, -0.05) is 30.4 Å². The summed E-state index contributed by atoms with van der Waals surface area (Å²) < 4.78 is 11.1. The normalized spacial score (nSPS) is 25.7. The van der Waals surface area contributed by atoms with Crippen LogP contribution in [0.1, 0.15) is 19.3 Å². The molecule has 1 aromatic carbocycles. The first-order chi connectivity index (χ1) is 13.2. The van der Waals surface area contributed by atoms with Crippen molar-refractivity contribution in [3.63, 3.8) is 0 Å². The van der Waals surface area contributed by atoms with Crippen molar-refractivity contribution >= 4 is 17.5 Å². The standard InChI is InChI=1S/C20H26N2O5/c23-13-18-17(22-20(25)14-8-10-26-11-9-14)7-6-16(27-18)12-19(24)21-15-4-2-1-3-5-15/h1-7,14,16-18,23H,8-13H2,(H,21,24)(H,22,25)/t16-,17-,18+/m1/s1. The van der Waals surface area contributed by atoms with Crippen molar-refractivity contribution in [2.75, 3.05) is 25.1 Å². The number of ether oxygens (including phenoxy) is 2. The molecule has 7 nitrogen and oxygen atoms in total. The van der Waals surface area contributed by atoms with E-state index in [0.29, 0.717) is 26.1 Å². The molecule has 3 rings (SSSR count). The Hall–Kier alpha value is -2.22. The number of aliphatic hydroxyl groups is 1. The maximum absolute atomic E-state index is 12.4. The minimum Gasteiger partial charge on any atom is -0.394 e. The zero-order valence-corrected chi connectivity index (χ0v) is 15.2. The SMILES string of the molecule is O=C(C[C@H]1C=C[C@@H](NC(=O)C2CCOCC2)[C@H](CO)O1)Nc1ccccc1. The Labute approximate surface area is 158 Å². The van der Waals surface area contributed by atoms with Gasteiger partial charge in [0.15, 0.2) is 0 Å². The Morgan fingerprint density at radius 3 is 2.56 bits per heavy atom. The second-order valence-electron chi connectivity index (χ2n) is 6.82. The molecule has 3 atom stereocenters. The predicted molar refractivity (Wildman–Crippen MR) is 100 cm³/mol. The molecule has 2 aliphatic heterocycles. The van der Waals surface area contributed by atoms with Crippen LogP contribution >= 0.6 is 0 Å². The van der Waals surface area contributed by atoms with E-state index in [-0.39, 0.29) is 30.8 Å². The Morgan fingerprint density at radius 2 is 1.85 bits per heavy atom. The maximum atomic E-state index is 12.4. The number of carbonyl (C=O) groups excluding carboxylic acids is 2. The van der Waals surface area contributed by atoms with E-state index in [4.69, 9.17) is 9.47 Å². The average Bonchev–Trinajstić information content (AvgIpc) is 2.70. The highest BCUT2D eigenvalue weighted by molar-refractivity contribution is 5.91. The fraction of sp³-hybridized carbons (Fsp3) is 0.500. The number of rotatable bonds is 6. The molecule has 7 heteroatoms. The molecule has 27 heavy (non-hydrogen) atoms. The highest BCUT2D eigenvalue weighted by Gasteiger charge is 2.31. The number of benzene rings is 1. The summed E-state index contributed by atoms with van der Waals surface area (Å²) in [6.45, 7) is 0.952. The number of hydrogen-bond donors (Lipinski definition) is 3. The summed E-state index contributed by atoms with van der Waals surface area (Å²) in [7, 11) is 0. The van der Waals surface area contributed by atoms with Gasteiger partial charge in [-0.15, -0.1) is 0 Å². The smallest absolute Gasteiger partial charge is 0.227 e. The quantitative estimate of drug-likeness (QED) is 0.651. The van der Waals surface area contributed by atoms with E-state index >= 15 is 0 Å². The summed E-state index contributed by atoms with van der Waals surface area (Å²) >= 11 is 0. The molecular formula is C20H26N2O5. The lowest BCUT2D eigenvalue weighted by molar-refractivity contribution is -0.131. The van der Waals surface area contributed by atoms with Crippen molar-refractivity contribution < 1.29 is 24.2 Å². The summed E-state index contributed by atoms with van der Waals surface area (Å²) in [5.74, 6) is -0.284. The monoisotopic (exact) mass is 374 g/mol. The Morgan fingerprint density at radius 1 is 1.11 bits per heavy atom. The van der Waals surface area contributed by atoms with Gasteiger partial charge in [-0.25, -0.2) is 0 Å². The molecule has 2 amide bonds. The number of amides is 2. The summed E-state index contributed by atoms with van der Waals surface area (Å²) in [4.78, 5) is 24.6. The first-order valence-corrected chi connectivity index (χ1v) is 9.33. The molecule has 1 aromatic rings. The van der Waals surface area contributed by atoms with Crippen LogP contribution in [-0.4, -0.2) is 55.0 Å². The van der Waals surface area contributed by atoms with Gasteiger partial charge in [-0.3, -0.25) is 9.59 Å².